The Balaban J connectivity index is 1.48. The van der Waals surface area contributed by atoms with Gasteiger partial charge in [0.15, 0.2) is 5.76 Å². The first-order valence-corrected chi connectivity index (χ1v) is 10.6. The van der Waals surface area contributed by atoms with Gasteiger partial charge in [-0.1, -0.05) is 31.8 Å². The van der Waals surface area contributed by atoms with Crippen molar-refractivity contribution >= 4 is 11.6 Å². The number of hydrogen-bond acceptors (Lipinski definition) is 6. The monoisotopic (exact) mass is 408 g/mol. The van der Waals surface area contributed by atoms with Crippen LogP contribution in [0, 0.1) is 5.92 Å². The minimum Gasteiger partial charge on any atom is -0.459 e. The molecule has 7 heteroatoms. The lowest BCUT2D eigenvalue weighted by molar-refractivity contribution is 0.0885. The summed E-state index contributed by atoms with van der Waals surface area (Å²) in [7, 11) is 0. The first-order valence-electron chi connectivity index (χ1n) is 10.6. The molecule has 1 aromatic carbocycles. The molecular formula is C23H28N4O3. The average molecular weight is 409 g/mol. The van der Waals surface area contributed by atoms with E-state index in [1.807, 2.05) is 26.0 Å². The maximum absolute atomic E-state index is 12.4. The fourth-order valence-corrected chi connectivity index (χ4v) is 3.76. The van der Waals surface area contributed by atoms with Crippen molar-refractivity contribution in [1.82, 2.24) is 15.5 Å². The maximum atomic E-state index is 12.4. The number of anilines is 1. The van der Waals surface area contributed by atoms with Gasteiger partial charge in [-0.15, -0.1) is 0 Å². The molecule has 1 atom stereocenters. The van der Waals surface area contributed by atoms with Gasteiger partial charge < -0.3 is 19.2 Å². The van der Waals surface area contributed by atoms with E-state index in [2.05, 4.69) is 32.5 Å². The molecule has 1 aliphatic rings. The van der Waals surface area contributed by atoms with E-state index in [1.54, 1.807) is 12.1 Å². The van der Waals surface area contributed by atoms with Crippen LogP contribution in [0.3, 0.4) is 0 Å². The van der Waals surface area contributed by atoms with E-state index in [1.165, 1.54) is 37.6 Å². The highest BCUT2D eigenvalue weighted by atomic mass is 16.5. The van der Waals surface area contributed by atoms with Crippen LogP contribution in [-0.4, -0.2) is 29.1 Å². The second-order valence-corrected chi connectivity index (χ2v) is 8.08. The Kier molecular flexibility index (Phi) is 6.16. The van der Waals surface area contributed by atoms with E-state index in [-0.39, 0.29) is 17.6 Å². The molecule has 3 aromatic rings. The summed E-state index contributed by atoms with van der Waals surface area (Å²) in [5.74, 6) is 0.925. The van der Waals surface area contributed by atoms with Gasteiger partial charge in [0.25, 0.3) is 5.91 Å². The molecule has 7 nitrogen and oxygen atoms in total. The largest absolute Gasteiger partial charge is 0.459 e. The molecule has 3 heterocycles. The number of hydrogen-bond donors (Lipinski definition) is 1. The summed E-state index contributed by atoms with van der Waals surface area (Å²) >= 11 is 0. The Morgan fingerprint density at radius 3 is 2.43 bits per heavy atom. The molecular weight excluding hydrogens is 380 g/mol. The third kappa shape index (κ3) is 4.56. The quantitative estimate of drug-likeness (QED) is 0.628. The Bertz CT molecular complexity index is 939. The smallest absolute Gasteiger partial charge is 0.287 e. The third-order valence-electron chi connectivity index (χ3n) is 5.50. The number of carbonyl (C=O) groups is 1. The van der Waals surface area contributed by atoms with Gasteiger partial charge in [0.1, 0.15) is 6.04 Å². The second-order valence-electron chi connectivity index (χ2n) is 8.08. The summed E-state index contributed by atoms with van der Waals surface area (Å²) in [6.07, 6.45) is 6.59. The van der Waals surface area contributed by atoms with Gasteiger partial charge in [-0.2, -0.15) is 4.98 Å². The molecule has 1 fully saturated rings. The van der Waals surface area contributed by atoms with E-state index >= 15 is 0 Å². The van der Waals surface area contributed by atoms with Gasteiger partial charge in [-0.25, -0.2) is 0 Å². The number of benzene rings is 1. The SMILES string of the molecule is CC(C)[C@H](NC(=O)c1ccco1)c1nc(-c2ccc(N3CCCCCC3)cc2)no1. The molecule has 30 heavy (non-hydrogen) atoms. The zero-order valence-corrected chi connectivity index (χ0v) is 17.5. The standard InChI is InChI=1S/C23H28N4O3/c1-16(2)20(24-22(28)19-8-7-15-29-19)23-25-21(26-30-23)17-9-11-18(12-10-17)27-13-5-3-4-6-14-27/h7-12,15-16,20H,3-6,13-14H2,1-2H3,(H,24,28)/t20-/m0/s1. The van der Waals surface area contributed by atoms with E-state index < -0.39 is 6.04 Å². The van der Waals surface area contributed by atoms with Gasteiger partial charge >= 0.3 is 0 Å². The molecule has 0 saturated carbocycles. The van der Waals surface area contributed by atoms with Crippen LogP contribution in [-0.2, 0) is 0 Å². The van der Waals surface area contributed by atoms with E-state index in [0.717, 1.165) is 18.7 Å². The van der Waals surface area contributed by atoms with Gasteiger partial charge in [-0.3, -0.25) is 4.79 Å². The first-order chi connectivity index (χ1) is 14.6. The molecule has 1 aliphatic heterocycles. The molecule has 0 unspecified atom stereocenters. The van der Waals surface area contributed by atoms with Gasteiger partial charge in [0, 0.05) is 24.3 Å². The molecule has 2 aromatic heterocycles. The minimum atomic E-state index is -0.403. The van der Waals surface area contributed by atoms with Crippen LogP contribution in [0.4, 0.5) is 5.69 Å². The number of nitrogens with zero attached hydrogens (tertiary/aromatic N) is 3. The second kappa shape index (κ2) is 9.15. The Morgan fingerprint density at radius 1 is 1.07 bits per heavy atom. The summed E-state index contributed by atoms with van der Waals surface area (Å²) < 4.78 is 10.7. The molecule has 0 bridgehead atoms. The van der Waals surface area contributed by atoms with Crippen LogP contribution in [0.5, 0.6) is 0 Å². The van der Waals surface area contributed by atoms with Crippen molar-refractivity contribution in [1.29, 1.82) is 0 Å². The topological polar surface area (TPSA) is 84.4 Å². The third-order valence-corrected chi connectivity index (χ3v) is 5.50. The lowest BCUT2D eigenvalue weighted by Crippen LogP contribution is -2.31. The lowest BCUT2D eigenvalue weighted by atomic mass is 10.0. The lowest BCUT2D eigenvalue weighted by Gasteiger charge is -2.22. The van der Waals surface area contributed by atoms with Crippen molar-refractivity contribution in [2.45, 2.75) is 45.6 Å². The van der Waals surface area contributed by atoms with Crippen molar-refractivity contribution < 1.29 is 13.7 Å². The molecule has 0 spiro atoms. The highest BCUT2D eigenvalue weighted by Crippen LogP contribution is 2.26. The van der Waals surface area contributed by atoms with E-state index in [9.17, 15) is 4.79 Å². The van der Waals surface area contributed by atoms with Crippen LogP contribution in [0.15, 0.2) is 51.6 Å². The Morgan fingerprint density at radius 2 is 1.80 bits per heavy atom. The number of carbonyl (C=O) groups excluding carboxylic acids is 1. The number of nitrogens with one attached hydrogen (secondary N) is 1. The van der Waals surface area contributed by atoms with Crippen molar-refractivity contribution in [3.63, 3.8) is 0 Å². The summed E-state index contributed by atoms with van der Waals surface area (Å²) in [4.78, 5) is 19.4. The predicted octanol–water partition coefficient (Wildman–Crippen LogP) is 4.84. The van der Waals surface area contributed by atoms with Crippen LogP contribution in [0.2, 0.25) is 0 Å². The van der Waals surface area contributed by atoms with Crippen molar-refractivity contribution in [2.24, 2.45) is 5.92 Å². The van der Waals surface area contributed by atoms with Crippen LogP contribution >= 0.6 is 0 Å². The van der Waals surface area contributed by atoms with Crippen molar-refractivity contribution in [3.05, 3.63) is 54.3 Å². The number of amides is 1. The van der Waals surface area contributed by atoms with Crippen molar-refractivity contribution in [3.8, 4) is 11.4 Å². The molecule has 1 amide bonds. The van der Waals surface area contributed by atoms with E-state index in [0.29, 0.717) is 11.7 Å². The minimum absolute atomic E-state index is 0.0719. The number of aromatic nitrogens is 2. The zero-order valence-electron chi connectivity index (χ0n) is 17.5. The van der Waals surface area contributed by atoms with Gasteiger partial charge in [0.05, 0.1) is 6.26 Å². The molecule has 4 rings (SSSR count). The summed E-state index contributed by atoms with van der Waals surface area (Å²) in [5, 5.41) is 7.06. The normalized spacial score (nSPS) is 15.8. The van der Waals surface area contributed by atoms with Gasteiger partial charge in [-0.05, 0) is 55.2 Å². The molecule has 0 radical (unpaired) electrons. The van der Waals surface area contributed by atoms with Crippen LogP contribution < -0.4 is 10.2 Å². The van der Waals surface area contributed by atoms with E-state index in [4.69, 9.17) is 8.94 Å². The van der Waals surface area contributed by atoms with Crippen molar-refractivity contribution in [2.75, 3.05) is 18.0 Å². The fourth-order valence-electron chi connectivity index (χ4n) is 3.76. The Hall–Kier alpha value is -3.09. The highest BCUT2D eigenvalue weighted by molar-refractivity contribution is 5.91. The molecule has 0 aliphatic carbocycles. The van der Waals surface area contributed by atoms with Crippen LogP contribution in [0.25, 0.3) is 11.4 Å². The summed E-state index contributed by atoms with van der Waals surface area (Å²) in [6, 6.07) is 11.2. The first kappa shape index (κ1) is 20.2. The van der Waals surface area contributed by atoms with Crippen LogP contribution in [0.1, 0.15) is 62.0 Å². The summed E-state index contributed by atoms with van der Waals surface area (Å²) in [5.41, 5.74) is 2.12. The molecule has 158 valence electrons. The predicted molar refractivity (Wildman–Crippen MR) is 114 cm³/mol. The number of furan rings is 1. The molecule has 1 N–H and O–H groups in total. The maximum Gasteiger partial charge on any atom is 0.287 e. The van der Waals surface area contributed by atoms with Gasteiger partial charge in [0.2, 0.25) is 11.7 Å². The zero-order chi connectivity index (χ0) is 20.9. The summed E-state index contributed by atoms with van der Waals surface area (Å²) in [6.45, 7) is 6.20. The average Bonchev–Trinajstić information content (AvgIpc) is 3.39. The Labute approximate surface area is 176 Å². The molecule has 1 saturated heterocycles. The number of rotatable bonds is 6. The highest BCUT2D eigenvalue weighted by Gasteiger charge is 2.26. The fraction of sp³-hybridized carbons (Fsp3) is 0.435.